The lowest BCUT2D eigenvalue weighted by Gasteiger charge is -2.12. The first-order valence-corrected chi connectivity index (χ1v) is 9.49. The smallest absolute Gasteiger partial charge is 0.274 e. The molecule has 2 amide bonds. The number of aromatic nitrogens is 3. The fourth-order valence-electron chi connectivity index (χ4n) is 2.28. The van der Waals surface area contributed by atoms with Crippen molar-refractivity contribution in [3.05, 3.63) is 66.8 Å². The van der Waals surface area contributed by atoms with Gasteiger partial charge in [-0.05, 0) is 62.8 Å². The Kier molecular flexibility index (Phi) is 5.77. The van der Waals surface area contributed by atoms with Crippen LogP contribution in [0.3, 0.4) is 0 Å². The number of pyridine rings is 1. The number of hydrogen-bond acceptors (Lipinski definition) is 4. The molecule has 0 fully saturated rings. The highest BCUT2D eigenvalue weighted by Gasteiger charge is 2.22. The van der Waals surface area contributed by atoms with Crippen molar-refractivity contribution in [3.8, 4) is 5.82 Å². The summed E-state index contributed by atoms with van der Waals surface area (Å²) in [6.45, 7) is 0. The van der Waals surface area contributed by atoms with Crippen LogP contribution in [0, 0.1) is 9.39 Å². The minimum absolute atomic E-state index is 0.0239. The fourth-order valence-corrected chi connectivity index (χ4v) is 3.44. The summed E-state index contributed by atoms with van der Waals surface area (Å²) < 4.78 is 16.4. The van der Waals surface area contributed by atoms with Crippen LogP contribution in [-0.4, -0.2) is 26.6 Å². The molecule has 0 bridgehead atoms. The Hall–Kier alpha value is -2.05. The Bertz CT molecular complexity index is 1070. The SMILES string of the molecule is NC(=O)c1cc(I)cc(F)c1NC(=O)c1cc(Br)nn1-c1ncccc1Cl. The van der Waals surface area contributed by atoms with Crippen LogP contribution in [0.2, 0.25) is 5.02 Å². The van der Waals surface area contributed by atoms with Gasteiger partial charge < -0.3 is 11.1 Å². The van der Waals surface area contributed by atoms with Crippen molar-refractivity contribution >= 4 is 67.6 Å². The molecule has 3 rings (SSSR count). The molecule has 1 aromatic carbocycles. The van der Waals surface area contributed by atoms with Crippen molar-refractivity contribution in [1.82, 2.24) is 14.8 Å². The number of nitrogens with one attached hydrogen (secondary N) is 1. The Morgan fingerprint density at radius 3 is 2.74 bits per heavy atom. The van der Waals surface area contributed by atoms with Crippen LogP contribution in [0.4, 0.5) is 10.1 Å². The van der Waals surface area contributed by atoms with Crippen LogP contribution in [0.1, 0.15) is 20.8 Å². The molecule has 3 aromatic rings. The zero-order valence-electron chi connectivity index (χ0n) is 13.2. The molecule has 0 radical (unpaired) electrons. The summed E-state index contributed by atoms with van der Waals surface area (Å²) in [5.74, 6) is -2.17. The number of anilines is 1. The number of halogens is 4. The number of nitrogens with two attached hydrogens (primary N) is 1. The van der Waals surface area contributed by atoms with E-state index in [1.54, 1.807) is 12.1 Å². The van der Waals surface area contributed by atoms with Gasteiger partial charge >= 0.3 is 0 Å². The number of carbonyl (C=O) groups is 2. The van der Waals surface area contributed by atoms with Crippen LogP contribution < -0.4 is 11.1 Å². The van der Waals surface area contributed by atoms with Gasteiger partial charge in [0.15, 0.2) is 5.82 Å². The lowest BCUT2D eigenvalue weighted by atomic mass is 10.1. The molecule has 0 saturated heterocycles. The summed E-state index contributed by atoms with van der Waals surface area (Å²) in [7, 11) is 0. The van der Waals surface area contributed by atoms with Gasteiger partial charge in [0.05, 0.1) is 16.3 Å². The average molecular weight is 565 g/mol. The van der Waals surface area contributed by atoms with Gasteiger partial charge in [-0.2, -0.15) is 5.10 Å². The molecule has 0 unspecified atom stereocenters. The summed E-state index contributed by atoms with van der Waals surface area (Å²) in [4.78, 5) is 28.5. The molecule has 0 spiro atoms. The van der Waals surface area contributed by atoms with Crippen molar-refractivity contribution < 1.29 is 14.0 Å². The Balaban J connectivity index is 2.05. The zero-order chi connectivity index (χ0) is 19.7. The minimum Gasteiger partial charge on any atom is -0.366 e. The van der Waals surface area contributed by atoms with Crippen LogP contribution in [0.5, 0.6) is 0 Å². The van der Waals surface area contributed by atoms with E-state index in [0.29, 0.717) is 8.17 Å². The summed E-state index contributed by atoms with van der Waals surface area (Å²) in [6, 6.07) is 7.18. The van der Waals surface area contributed by atoms with E-state index >= 15 is 0 Å². The van der Waals surface area contributed by atoms with Crippen LogP contribution in [-0.2, 0) is 0 Å². The van der Waals surface area contributed by atoms with Crippen LogP contribution in [0.15, 0.2) is 41.1 Å². The first-order chi connectivity index (χ1) is 12.8. The first kappa shape index (κ1) is 19.7. The van der Waals surface area contributed by atoms with E-state index < -0.39 is 17.6 Å². The van der Waals surface area contributed by atoms with Crippen molar-refractivity contribution in [2.45, 2.75) is 0 Å². The molecule has 3 N–H and O–H groups in total. The lowest BCUT2D eigenvalue weighted by Crippen LogP contribution is -2.22. The van der Waals surface area contributed by atoms with Gasteiger partial charge in [-0.1, -0.05) is 11.6 Å². The second-order valence-electron chi connectivity index (χ2n) is 5.20. The highest BCUT2D eigenvalue weighted by Crippen LogP contribution is 2.26. The first-order valence-electron chi connectivity index (χ1n) is 7.24. The molecule has 0 saturated carbocycles. The third kappa shape index (κ3) is 4.12. The number of nitrogens with zero attached hydrogens (tertiary/aromatic N) is 3. The van der Waals surface area contributed by atoms with Gasteiger partial charge in [0.25, 0.3) is 11.8 Å². The Labute approximate surface area is 179 Å². The molecular weight excluding hydrogens is 555 g/mol. The van der Waals surface area contributed by atoms with E-state index in [0.717, 1.165) is 0 Å². The van der Waals surface area contributed by atoms with Crippen molar-refractivity contribution in [1.29, 1.82) is 0 Å². The number of amides is 2. The third-order valence-corrected chi connectivity index (χ3v) is 4.72. The predicted molar refractivity (Wildman–Crippen MR) is 110 cm³/mol. The third-order valence-electron chi connectivity index (χ3n) is 3.41. The normalized spacial score (nSPS) is 10.7. The molecule has 0 atom stereocenters. The summed E-state index contributed by atoms with van der Waals surface area (Å²) in [6.07, 6.45) is 1.49. The van der Waals surface area contributed by atoms with E-state index in [9.17, 15) is 14.0 Å². The maximum Gasteiger partial charge on any atom is 0.274 e. The maximum atomic E-state index is 14.3. The Morgan fingerprint density at radius 1 is 1.33 bits per heavy atom. The highest BCUT2D eigenvalue weighted by atomic mass is 127. The molecule has 2 aromatic heterocycles. The van der Waals surface area contributed by atoms with Crippen molar-refractivity contribution in [2.75, 3.05) is 5.32 Å². The monoisotopic (exact) mass is 563 g/mol. The summed E-state index contributed by atoms with van der Waals surface area (Å²) >= 11 is 11.2. The molecule has 0 aliphatic carbocycles. The second-order valence-corrected chi connectivity index (χ2v) is 7.67. The van der Waals surface area contributed by atoms with Gasteiger partial charge in [0.2, 0.25) is 0 Å². The topological polar surface area (TPSA) is 103 Å². The van der Waals surface area contributed by atoms with Gasteiger partial charge in [-0.3, -0.25) is 9.59 Å². The highest BCUT2D eigenvalue weighted by molar-refractivity contribution is 14.1. The largest absolute Gasteiger partial charge is 0.366 e. The van der Waals surface area contributed by atoms with Gasteiger partial charge in [-0.15, -0.1) is 0 Å². The molecule has 27 heavy (non-hydrogen) atoms. The van der Waals surface area contributed by atoms with Crippen molar-refractivity contribution in [2.24, 2.45) is 5.73 Å². The van der Waals surface area contributed by atoms with Crippen LogP contribution >= 0.6 is 50.1 Å². The van der Waals surface area contributed by atoms with Gasteiger partial charge in [0, 0.05) is 15.8 Å². The Morgan fingerprint density at radius 2 is 2.07 bits per heavy atom. The van der Waals surface area contributed by atoms with E-state index in [4.69, 9.17) is 17.3 Å². The number of rotatable bonds is 4. The standard InChI is InChI=1S/C16H9BrClFIN5O2/c17-12-6-11(25(24-12)15-9(18)2-1-3-22-15)16(27)23-13-8(14(21)26)4-7(20)5-10(13)19/h1-6H,(H2,21,26)(H,23,27). The van der Waals surface area contributed by atoms with Gasteiger partial charge in [-0.25, -0.2) is 14.1 Å². The molecule has 138 valence electrons. The molecule has 11 heteroatoms. The second kappa shape index (κ2) is 7.90. The predicted octanol–water partition coefficient (Wildman–Crippen LogP) is 3.78. The average Bonchev–Trinajstić information content (AvgIpc) is 2.99. The van der Waals surface area contributed by atoms with E-state index in [2.05, 4.69) is 31.3 Å². The minimum atomic E-state index is -0.870. The molecular formula is C16H9BrClFIN5O2. The van der Waals surface area contributed by atoms with Gasteiger partial charge in [0.1, 0.15) is 16.1 Å². The quantitative estimate of drug-likeness (QED) is 0.471. The summed E-state index contributed by atoms with van der Waals surface area (Å²) in [5, 5.41) is 6.78. The van der Waals surface area contributed by atoms with E-state index in [-0.39, 0.29) is 27.8 Å². The summed E-state index contributed by atoms with van der Waals surface area (Å²) in [5.41, 5.74) is 4.86. The number of primary amides is 1. The molecule has 0 aliphatic heterocycles. The number of carbonyl (C=O) groups excluding carboxylic acids is 2. The van der Waals surface area contributed by atoms with E-state index in [1.165, 1.54) is 29.1 Å². The molecule has 0 aliphatic rings. The zero-order valence-corrected chi connectivity index (χ0v) is 17.7. The van der Waals surface area contributed by atoms with E-state index in [1.807, 2.05) is 22.6 Å². The molecule has 2 heterocycles. The van der Waals surface area contributed by atoms with Crippen molar-refractivity contribution in [3.63, 3.8) is 0 Å². The lowest BCUT2D eigenvalue weighted by molar-refractivity contribution is 0.100. The van der Waals surface area contributed by atoms with Crippen LogP contribution in [0.25, 0.3) is 5.82 Å². The number of benzene rings is 1. The number of hydrogen-bond donors (Lipinski definition) is 2. The fraction of sp³-hybridized carbons (Fsp3) is 0. The molecule has 7 nitrogen and oxygen atoms in total. The maximum absolute atomic E-state index is 14.3.